The van der Waals surface area contributed by atoms with Crippen LogP contribution in [0.3, 0.4) is 0 Å². The molecule has 3 aromatic carbocycles. The summed E-state index contributed by atoms with van der Waals surface area (Å²) in [4.78, 5) is 13.6. The van der Waals surface area contributed by atoms with Crippen molar-refractivity contribution < 1.29 is 9.53 Å². The van der Waals surface area contributed by atoms with Gasteiger partial charge in [-0.15, -0.1) is 11.8 Å². The zero-order chi connectivity index (χ0) is 20.9. The molecule has 0 radical (unpaired) electrons. The molecule has 0 aromatic heterocycles. The summed E-state index contributed by atoms with van der Waals surface area (Å²) < 4.78 is 5.85. The number of rotatable bonds is 7. The lowest BCUT2D eigenvalue weighted by Gasteiger charge is -2.26. The fourth-order valence-electron chi connectivity index (χ4n) is 3.15. The molecule has 1 N–H and O–H groups in total. The number of anilines is 1. The molecule has 3 rings (SSSR count). The Kier molecular flexibility index (Phi) is 6.65. The lowest BCUT2D eigenvalue weighted by atomic mass is 9.78. The maximum atomic E-state index is 12.4. The number of benzene rings is 3. The van der Waals surface area contributed by atoms with E-state index < -0.39 is 6.10 Å². The summed E-state index contributed by atoms with van der Waals surface area (Å²) >= 11 is 1.67. The van der Waals surface area contributed by atoms with E-state index in [0.29, 0.717) is 5.75 Å². The summed E-state index contributed by atoms with van der Waals surface area (Å²) in [6.07, 6.45) is 1.43. The summed E-state index contributed by atoms with van der Waals surface area (Å²) in [6, 6.07) is 26.2. The van der Waals surface area contributed by atoms with Crippen molar-refractivity contribution in [3.8, 4) is 5.75 Å². The zero-order valence-electron chi connectivity index (χ0n) is 17.3. The highest BCUT2D eigenvalue weighted by Crippen LogP contribution is 2.32. The molecule has 0 heterocycles. The fraction of sp³-hybridized carbons (Fsp3) is 0.240. The number of amides is 1. The molecule has 0 saturated carbocycles. The molecule has 0 aliphatic carbocycles. The minimum atomic E-state index is -0.594. The third kappa shape index (κ3) is 5.21. The van der Waals surface area contributed by atoms with E-state index in [2.05, 4.69) is 55.6 Å². The second kappa shape index (κ2) is 9.19. The van der Waals surface area contributed by atoms with Gasteiger partial charge in [-0.25, -0.2) is 0 Å². The van der Waals surface area contributed by atoms with Crippen molar-refractivity contribution in [2.24, 2.45) is 0 Å². The van der Waals surface area contributed by atoms with Crippen LogP contribution >= 0.6 is 11.8 Å². The average molecular weight is 406 g/mol. The van der Waals surface area contributed by atoms with E-state index in [-0.39, 0.29) is 11.3 Å². The summed E-state index contributed by atoms with van der Waals surface area (Å²) in [5.74, 6) is 0.508. The van der Waals surface area contributed by atoms with Crippen molar-refractivity contribution in [1.29, 1.82) is 0 Å². The first kappa shape index (κ1) is 21.0. The van der Waals surface area contributed by atoms with Gasteiger partial charge in [-0.05, 0) is 60.7 Å². The van der Waals surface area contributed by atoms with Crippen LogP contribution in [-0.2, 0) is 10.2 Å². The quantitative estimate of drug-likeness (QED) is 0.480. The summed E-state index contributed by atoms with van der Waals surface area (Å²) in [5, 5.41) is 2.90. The lowest BCUT2D eigenvalue weighted by Crippen LogP contribution is -2.30. The molecule has 1 amide bonds. The molecule has 0 aliphatic heterocycles. The maximum Gasteiger partial charge on any atom is 0.265 e. The van der Waals surface area contributed by atoms with Crippen molar-refractivity contribution >= 4 is 23.4 Å². The second-order valence-corrected chi connectivity index (χ2v) is 8.37. The Bertz CT molecular complexity index is 935. The number of thioether (sulfide) groups is 1. The molecular weight excluding hydrogens is 378 g/mol. The predicted molar refractivity (Wildman–Crippen MR) is 122 cm³/mol. The van der Waals surface area contributed by atoms with Gasteiger partial charge in [0.25, 0.3) is 5.91 Å². The first-order valence-corrected chi connectivity index (χ1v) is 10.9. The van der Waals surface area contributed by atoms with Crippen molar-refractivity contribution in [1.82, 2.24) is 0 Å². The van der Waals surface area contributed by atoms with E-state index in [0.717, 1.165) is 10.6 Å². The molecule has 4 heteroatoms. The Morgan fingerprint density at radius 1 is 0.897 bits per heavy atom. The normalized spacial score (nSPS) is 12.3. The van der Waals surface area contributed by atoms with E-state index in [1.807, 2.05) is 48.7 Å². The highest BCUT2D eigenvalue weighted by molar-refractivity contribution is 7.98. The molecule has 29 heavy (non-hydrogen) atoms. The predicted octanol–water partition coefficient (Wildman–Crippen LogP) is 6.14. The first-order valence-electron chi connectivity index (χ1n) is 9.68. The van der Waals surface area contributed by atoms with Crippen molar-refractivity contribution in [3.05, 3.63) is 90.0 Å². The minimum Gasteiger partial charge on any atom is -0.481 e. The molecule has 0 bridgehead atoms. The Labute approximate surface area is 177 Å². The monoisotopic (exact) mass is 405 g/mol. The van der Waals surface area contributed by atoms with Crippen LogP contribution in [0.2, 0.25) is 0 Å². The third-order valence-electron chi connectivity index (χ3n) is 5.11. The molecule has 0 saturated heterocycles. The standard InChI is InChI=1S/C25H27NO2S/c1-18(24(27)26-21-12-16-23(29-4)17-13-21)28-22-14-10-20(11-15-22)25(2,3)19-8-6-5-7-9-19/h5-18H,1-4H3,(H,26,27). The van der Waals surface area contributed by atoms with Crippen molar-refractivity contribution in [3.63, 3.8) is 0 Å². The number of ether oxygens (including phenoxy) is 1. The average Bonchev–Trinajstić information content (AvgIpc) is 2.75. The van der Waals surface area contributed by atoms with Gasteiger partial charge in [-0.2, -0.15) is 0 Å². The Morgan fingerprint density at radius 3 is 2.07 bits per heavy atom. The van der Waals surface area contributed by atoms with Gasteiger partial charge in [-0.3, -0.25) is 4.79 Å². The van der Waals surface area contributed by atoms with Crippen molar-refractivity contribution in [2.45, 2.75) is 37.2 Å². The fourth-order valence-corrected chi connectivity index (χ4v) is 3.56. The van der Waals surface area contributed by atoms with E-state index in [1.165, 1.54) is 11.1 Å². The van der Waals surface area contributed by atoms with E-state index in [4.69, 9.17) is 4.74 Å². The van der Waals surface area contributed by atoms with Crippen LogP contribution in [0.25, 0.3) is 0 Å². The highest BCUT2D eigenvalue weighted by atomic mass is 32.2. The van der Waals surface area contributed by atoms with Crippen LogP contribution in [0.5, 0.6) is 5.75 Å². The van der Waals surface area contributed by atoms with Crippen molar-refractivity contribution in [2.75, 3.05) is 11.6 Å². The Hall–Kier alpha value is -2.72. The topological polar surface area (TPSA) is 38.3 Å². The SMILES string of the molecule is CSc1ccc(NC(=O)C(C)Oc2ccc(C(C)(C)c3ccccc3)cc2)cc1. The van der Waals surface area contributed by atoms with E-state index in [9.17, 15) is 4.79 Å². The zero-order valence-corrected chi connectivity index (χ0v) is 18.1. The van der Waals surface area contributed by atoms with Gasteiger partial charge < -0.3 is 10.1 Å². The van der Waals surface area contributed by atoms with Gasteiger partial charge >= 0.3 is 0 Å². The molecule has 0 fully saturated rings. The van der Waals surface area contributed by atoms with E-state index in [1.54, 1.807) is 18.7 Å². The lowest BCUT2D eigenvalue weighted by molar-refractivity contribution is -0.122. The molecule has 1 unspecified atom stereocenters. The summed E-state index contributed by atoms with van der Waals surface area (Å²) in [6.45, 7) is 6.17. The molecule has 3 nitrogen and oxygen atoms in total. The van der Waals surface area contributed by atoms with Gasteiger partial charge in [0.2, 0.25) is 0 Å². The number of hydrogen-bond acceptors (Lipinski definition) is 3. The first-order chi connectivity index (χ1) is 13.9. The smallest absolute Gasteiger partial charge is 0.265 e. The Balaban J connectivity index is 1.63. The van der Waals surface area contributed by atoms with Gasteiger partial charge in [0.15, 0.2) is 6.10 Å². The van der Waals surface area contributed by atoms with Crippen LogP contribution in [0, 0.1) is 0 Å². The largest absolute Gasteiger partial charge is 0.481 e. The summed E-state index contributed by atoms with van der Waals surface area (Å²) in [7, 11) is 0. The highest BCUT2D eigenvalue weighted by Gasteiger charge is 2.23. The minimum absolute atomic E-state index is 0.105. The van der Waals surface area contributed by atoms with Crippen LogP contribution < -0.4 is 10.1 Å². The molecule has 0 spiro atoms. The maximum absolute atomic E-state index is 12.4. The third-order valence-corrected chi connectivity index (χ3v) is 5.85. The summed E-state index contributed by atoms with van der Waals surface area (Å²) in [5.41, 5.74) is 3.12. The molecular formula is C25H27NO2S. The van der Waals surface area contributed by atoms with Crippen LogP contribution in [-0.4, -0.2) is 18.3 Å². The van der Waals surface area contributed by atoms with Crippen LogP contribution in [0.4, 0.5) is 5.69 Å². The molecule has 150 valence electrons. The molecule has 3 aromatic rings. The molecule has 0 aliphatic rings. The van der Waals surface area contributed by atoms with Gasteiger partial charge in [0.1, 0.15) is 5.75 Å². The van der Waals surface area contributed by atoms with Gasteiger partial charge in [-0.1, -0.05) is 56.3 Å². The van der Waals surface area contributed by atoms with Crippen LogP contribution in [0.1, 0.15) is 31.9 Å². The molecule has 1 atom stereocenters. The van der Waals surface area contributed by atoms with Crippen LogP contribution in [0.15, 0.2) is 83.8 Å². The number of hydrogen-bond donors (Lipinski definition) is 1. The number of carbonyl (C=O) groups is 1. The second-order valence-electron chi connectivity index (χ2n) is 7.49. The van der Waals surface area contributed by atoms with Gasteiger partial charge in [0.05, 0.1) is 0 Å². The number of nitrogens with one attached hydrogen (secondary N) is 1. The van der Waals surface area contributed by atoms with Gasteiger partial charge in [0, 0.05) is 16.0 Å². The number of carbonyl (C=O) groups excluding carboxylic acids is 1. The van der Waals surface area contributed by atoms with E-state index >= 15 is 0 Å². The Morgan fingerprint density at radius 2 is 1.48 bits per heavy atom.